The lowest BCUT2D eigenvalue weighted by molar-refractivity contribution is 0.481. The molecule has 0 aliphatic carbocycles. The summed E-state index contributed by atoms with van der Waals surface area (Å²) in [6.45, 7) is 5.75. The average Bonchev–Trinajstić information content (AvgIpc) is 3.22. The van der Waals surface area contributed by atoms with Gasteiger partial charge in [-0.25, -0.2) is 4.98 Å². The lowest BCUT2D eigenvalue weighted by atomic mass is 10.0. The minimum absolute atomic E-state index is 0.468. The Kier molecular flexibility index (Phi) is 6.28. The van der Waals surface area contributed by atoms with Crippen LogP contribution < -0.4 is 15.5 Å². The fraction of sp³-hybridized carbons (Fsp3) is 0.348. The van der Waals surface area contributed by atoms with E-state index in [1.54, 1.807) is 0 Å². The van der Waals surface area contributed by atoms with Crippen molar-refractivity contribution in [2.45, 2.75) is 45.7 Å². The largest absolute Gasteiger partial charge is 0.459 e. The number of furan rings is 1. The zero-order chi connectivity index (χ0) is 20.9. The maximum Gasteiger partial charge on any atom is 0.231 e. The Morgan fingerprint density at radius 3 is 2.80 bits per heavy atom. The summed E-state index contributed by atoms with van der Waals surface area (Å²) < 4.78 is 5.91. The first-order chi connectivity index (χ1) is 14.6. The number of aryl methyl sites for hydroxylation is 1. The molecule has 1 aliphatic rings. The summed E-state index contributed by atoms with van der Waals surface area (Å²) in [5, 5.41) is 6.76. The van der Waals surface area contributed by atoms with Gasteiger partial charge in [-0.15, -0.1) is 0 Å². The maximum atomic E-state index is 5.91. The number of hydrogen-bond acceptors (Lipinski definition) is 5. The summed E-state index contributed by atoms with van der Waals surface area (Å²) in [4.78, 5) is 11.5. The molecule has 0 bridgehead atoms. The Bertz CT molecular complexity index is 1000. The summed E-state index contributed by atoms with van der Waals surface area (Å²) >= 11 is 5.44. The number of rotatable bonds is 5. The minimum atomic E-state index is 0.468. The van der Waals surface area contributed by atoms with E-state index in [1.165, 1.54) is 19.3 Å². The van der Waals surface area contributed by atoms with Crippen molar-refractivity contribution in [3.63, 3.8) is 0 Å². The number of nitrogens with one attached hydrogen (secondary N) is 2. The molecular formula is C23H27N5OS. The Labute approximate surface area is 182 Å². The second-order valence-corrected chi connectivity index (χ2v) is 8.08. The van der Waals surface area contributed by atoms with Crippen molar-refractivity contribution < 1.29 is 4.42 Å². The van der Waals surface area contributed by atoms with E-state index in [9.17, 15) is 0 Å². The van der Waals surface area contributed by atoms with Crippen LogP contribution in [0.5, 0.6) is 0 Å². The van der Waals surface area contributed by atoms with Crippen molar-refractivity contribution in [3.8, 4) is 11.3 Å². The zero-order valence-corrected chi connectivity index (χ0v) is 18.2. The normalized spacial score (nSPS) is 16.3. The van der Waals surface area contributed by atoms with Gasteiger partial charge in [-0.3, -0.25) is 0 Å². The lowest BCUT2D eigenvalue weighted by Gasteiger charge is -2.34. The number of benzene rings is 1. The van der Waals surface area contributed by atoms with Crippen LogP contribution in [0.2, 0.25) is 0 Å². The topological polar surface area (TPSA) is 66.2 Å². The first-order valence-electron chi connectivity index (χ1n) is 10.4. The number of anilines is 2. The third kappa shape index (κ3) is 4.97. The molecule has 30 heavy (non-hydrogen) atoms. The third-order valence-electron chi connectivity index (χ3n) is 5.31. The zero-order valence-electron chi connectivity index (χ0n) is 17.4. The Hall–Kier alpha value is -2.93. The second kappa shape index (κ2) is 9.26. The molecule has 1 aromatic carbocycles. The number of aromatic nitrogens is 2. The highest BCUT2D eigenvalue weighted by Gasteiger charge is 2.20. The van der Waals surface area contributed by atoms with Gasteiger partial charge in [0.2, 0.25) is 5.95 Å². The number of piperidine rings is 1. The highest BCUT2D eigenvalue weighted by molar-refractivity contribution is 7.80. The van der Waals surface area contributed by atoms with E-state index in [0.29, 0.717) is 23.6 Å². The van der Waals surface area contributed by atoms with Gasteiger partial charge < -0.3 is 20.0 Å². The summed E-state index contributed by atoms with van der Waals surface area (Å²) in [5.41, 5.74) is 1.97. The molecule has 6 nitrogen and oxygen atoms in total. The van der Waals surface area contributed by atoms with Gasteiger partial charge in [-0.1, -0.05) is 30.3 Å². The molecular weight excluding hydrogens is 394 g/mol. The van der Waals surface area contributed by atoms with Gasteiger partial charge in [0.1, 0.15) is 17.3 Å². The molecule has 0 unspecified atom stereocenters. The Balaban J connectivity index is 1.37. The molecule has 4 rings (SSSR count). The van der Waals surface area contributed by atoms with Gasteiger partial charge in [0.05, 0.1) is 6.54 Å². The van der Waals surface area contributed by atoms with Crippen LogP contribution in [0.4, 0.5) is 11.8 Å². The van der Waals surface area contributed by atoms with Crippen LogP contribution in [0.1, 0.15) is 37.6 Å². The van der Waals surface area contributed by atoms with E-state index in [1.807, 2.05) is 55.5 Å². The van der Waals surface area contributed by atoms with Crippen molar-refractivity contribution in [2.24, 2.45) is 0 Å². The van der Waals surface area contributed by atoms with Crippen LogP contribution in [0.25, 0.3) is 11.3 Å². The van der Waals surface area contributed by atoms with Gasteiger partial charge in [0.25, 0.3) is 0 Å². The van der Waals surface area contributed by atoms with Crippen molar-refractivity contribution in [1.29, 1.82) is 0 Å². The molecule has 156 valence electrons. The van der Waals surface area contributed by atoms with Crippen LogP contribution >= 0.6 is 12.2 Å². The van der Waals surface area contributed by atoms with Crippen LogP contribution in [0.15, 0.2) is 52.9 Å². The maximum absolute atomic E-state index is 5.91. The highest BCUT2D eigenvalue weighted by Crippen LogP contribution is 2.24. The summed E-state index contributed by atoms with van der Waals surface area (Å²) in [6.07, 6.45) is 3.67. The van der Waals surface area contributed by atoms with Crippen LogP contribution in [0.3, 0.4) is 0 Å². The molecule has 0 amide bonds. The van der Waals surface area contributed by atoms with E-state index in [-0.39, 0.29) is 0 Å². The monoisotopic (exact) mass is 421 g/mol. The summed E-state index contributed by atoms with van der Waals surface area (Å²) in [6, 6.07) is 16.5. The van der Waals surface area contributed by atoms with Gasteiger partial charge in [-0.05, 0) is 57.5 Å². The fourth-order valence-corrected chi connectivity index (χ4v) is 3.90. The number of thiocarbonyl (C=S) groups is 1. The highest BCUT2D eigenvalue weighted by atomic mass is 32.1. The van der Waals surface area contributed by atoms with E-state index in [2.05, 4.69) is 27.4 Å². The second-order valence-electron chi connectivity index (χ2n) is 7.67. The van der Waals surface area contributed by atoms with Gasteiger partial charge in [0, 0.05) is 29.9 Å². The molecule has 1 aliphatic heterocycles. The SMILES string of the molecule is Cc1cc(N2CCCC[C@H]2C)nc(NC(=S)NCc2ccc(-c3ccccc3)o2)n1. The van der Waals surface area contributed by atoms with Crippen LogP contribution in [-0.2, 0) is 6.54 Å². The summed E-state index contributed by atoms with van der Waals surface area (Å²) in [5.74, 6) is 3.13. The first-order valence-corrected chi connectivity index (χ1v) is 10.8. The van der Waals surface area contributed by atoms with Crippen molar-refractivity contribution in [1.82, 2.24) is 15.3 Å². The first kappa shape index (κ1) is 20.3. The molecule has 0 radical (unpaired) electrons. The third-order valence-corrected chi connectivity index (χ3v) is 5.55. The van der Waals surface area contributed by atoms with Crippen molar-refractivity contribution >= 4 is 29.1 Å². The van der Waals surface area contributed by atoms with E-state index < -0.39 is 0 Å². The Morgan fingerprint density at radius 1 is 1.17 bits per heavy atom. The minimum Gasteiger partial charge on any atom is -0.459 e. The van der Waals surface area contributed by atoms with Crippen LogP contribution in [0, 0.1) is 6.92 Å². The molecule has 7 heteroatoms. The number of nitrogens with zero attached hydrogens (tertiary/aromatic N) is 3. The fourth-order valence-electron chi connectivity index (χ4n) is 3.74. The molecule has 1 atom stereocenters. The quantitative estimate of drug-likeness (QED) is 0.567. The standard InChI is InChI=1S/C23H27N5OS/c1-16-14-21(28-13-7-6-8-17(28)2)26-22(25-16)27-23(30)24-15-19-11-12-20(29-19)18-9-4-3-5-10-18/h3-5,9-12,14,17H,6-8,13,15H2,1-2H3,(H2,24,25,26,27,30)/t17-/m1/s1. The van der Waals surface area contributed by atoms with Crippen molar-refractivity contribution in [3.05, 3.63) is 60.0 Å². The lowest BCUT2D eigenvalue weighted by Crippen LogP contribution is -2.38. The van der Waals surface area contributed by atoms with E-state index >= 15 is 0 Å². The smallest absolute Gasteiger partial charge is 0.231 e. The summed E-state index contributed by atoms with van der Waals surface area (Å²) in [7, 11) is 0. The molecule has 0 saturated carbocycles. The molecule has 2 aromatic heterocycles. The van der Waals surface area contributed by atoms with Gasteiger partial charge >= 0.3 is 0 Å². The predicted molar refractivity (Wildman–Crippen MR) is 125 cm³/mol. The average molecular weight is 422 g/mol. The van der Waals surface area contributed by atoms with Crippen LogP contribution in [-0.4, -0.2) is 27.7 Å². The van der Waals surface area contributed by atoms with Crippen molar-refractivity contribution in [2.75, 3.05) is 16.8 Å². The van der Waals surface area contributed by atoms with Gasteiger partial charge in [-0.2, -0.15) is 4.98 Å². The molecule has 0 spiro atoms. The molecule has 1 fully saturated rings. The predicted octanol–water partition coefficient (Wildman–Crippen LogP) is 4.91. The van der Waals surface area contributed by atoms with Gasteiger partial charge in [0.15, 0.2) is 5.11 Å². The van der Waals surface area contributed by atoms with E-state index in [0.717, 1.165) is 35.1 Å². The molecule has 3 aromatic rings. The molecule has 1 saturated heterocycles. The number of hydrogen-bond donors (Lipinski definition) is 2. The van der Waals surface area contributed by atoms with E-state index in [4.69, 9.17) is 21.6 Å². The molecule has 3 heterocycles. The Morgan fingerprint density at radius 2 is 2.00 bits per heavy atom. The molecule has 2 N–H and O–H groups in total.